The first-order chi connectivity index (χ1) is 5.72. The van der Waals surface area contributed by atoms with Crippen LogP contribution in [-0.2, 0) is 0 Å². The molecule has 0 nitrogen and oxygen atoms in total. The lowest BCUT2D eigenvalue weighted by atomic mass is 9.93. The predicted molar refractivity (Wildman–Crippen MR) is 55.2 cm³/mol. The first-order valence-electron chi connectivity index (χ1n) is 5.72. The van der Waals surface area contributed by atoms with Gasteiger partial charge in [0.15, 0.2) is 0 Å². The molecule has 12 heavy (non-hydrogen) atoms. The summed E-state index contributed by atoms with van der Waals surface area (Å²) in [6.45, 7) is 8.76. The van der Waals surface area contributed by atoms with Gasteiger partial charge in [-0.2, -0.15) is 0 Å². The molecule has 0 radical (unpaired) electrons. The van der Waals surface area contributed by atoms with Gasteiger partial charge in [0.05, 0.1) is 0 Å². The molecule has 1 spiro atoms. The molecule has 0 heteroatoms. The third-order valence-corrected chi connectivity index (χ3v) is 3.64. The van der Waals surface area contributed by atoms with Gasteiger partial charge < -0.3 is 0 Å². The first kappa shape index (κ1) is 10.1. The van der Waals surface area contributed by atoms with Gasteiger partial charge in [-0.05, 0) is 49.4 Å². The highest BCUT2D eigenvalue weighted by Crippen LogP contribution is 2.60. The lowest BCUT2D eigenvalue weighted by Gasteiger charge is -2.13. The van der Waals surface area contributed by atoms with E-state index in [1.54, 1.807) is 25.7 Å². The summed E-state index contributed by atoms with van der Waals surface area (Å²) in [4.78, 5) is 0. The molecule has 72 valence electrons. The Morgan fingerprint density at radius 2 is 1.67 bits per heavy atom. The fraction of sp³-hybridized carbons (Fsp3) is 1.00. The standard InChI is InChI=1S/C10H18.C2H6/c1-8(2)9-3-4-10(7-9)5-6-10;1-2/h8-9H,3-7H2,1-2H3;1-2H3. The summed E-state index contributed by atoms with van der Waals surface area (Å²) in [5.41, 5.74) is 0.898. The van der Waals surface area contributed by atoms with Gasteiger partial charge in [-0.1, -0.05) is 27.7 Å². The number of hydrogen-bond acceptors (Lipinski definition) is 0. The molecule has 0 aromatic carbocycles. The van der Waals surface area contributed by atoms with Gasteiger partial charge >= 0.3 is 0 Å². The molecule has 0 saturated heterocycles. The Balaban J connectivity index is 0.000000336. The van der Waals surface area contributed by atoms with E-state index >= 15 is 0 Å². The molecule has 0 bridgehead atoms. The van der Waals surface area contributed by atoms with E-state index in [0.717, 1.165) is 17.3 Å². The van der Waals surface area contributed by atoms with Crippen LogP contribution in [0.25, 0.3) is 0 Å². The predicted octanol–water partition coefficient (Wildman–Crippen LogP) is 4.25. The summed E-state index contributed by atoms with van der Waals surface area (Å²) in [6.07, 6.45) is 7.74. The second-order valence-electron chi connectivity index (χ2n) is 4.75. The van der Waals surface area contributed by atoms with E-state index in [-0.39, 0.29) is 0 Å². The molecule has 0 aliphatic heterocycles. The SMILES string of the molecule is CC.CC(C)C1CCC2(CC2)C1. The molecule has 0 N–H and O–H groups in total. The van der Waals surface area contributed by atoms with E-state index in [0.29, 0.717) is 0 Å². The highest BCUT2D eigenvalue weighted by atomic mass is 14.5. The van der Waals surface area contributed by atoms with Crippen LogP contribution in [0.3, 0.4) is 0 Å². The molecule has 1 unspecified atom stereocenters. The van der Waals surface area contributed by atoms with Crippen molar-refractivity contribution < 1.29 is 0 Å². The van der Waals surface area contributed by atoms with Crippen LogP contribution < -0.4 is 0 Å². The molecule has 2 aliphatic carbocycles. The fourth-order valence-corrected chi connectivity index (χ4v) is 2.45. The maximum atomic E-state index is 2.38. The molecule has 2 fully saturated rings. The smallest absolute Gasteiger partial charge is 0.0294 e. The van der Waals surface area contributed by atoms with Crippen molar-refractivity contribution in [1.82, 2.24) is 0 Å². The van der Waals surface area contributed by atoms with Crippen molar-refractivity contribution in [2.75, 3.05) is 0 Å². The van der Waals surface area contributed by atoms with Gasteiger partial charge in [0.2, 0.25) is 0 Å². The van der Waals surface area contributed by atoms with Crippen molar-refractivity contribution >= 4 is 0 Å². The normalized spacial score (nSPS) is 30.2. The summed E-state index contributed by atoms with van der Waals surface area (Å²) in [5.74, 6) is 2.02. The highest BCUT2D eigenvalue weighted by Gasteiger charge is 2.48. The van der Waals surface area contributed by atoms with E-state index in [4.69, 9.17) is 0 Å². The van der Waals surface area contributed by atoms with Gasteiger partial charge in [-0.3, -0.25) is 0 Å². The Morgan fingerprint density at radius 1 is 1.08 bits per heavy atom. The van der Waals surface area contributed by atoms with Crippen LogP contribution in [0, 0.1) is 17.3 Å². The van der Waals surface area contributed by atoms with E-state index < -0.39 is 0 Å². The third kappa shape index (κ3) is 2.02. The average molecular weight is 168 g/mol. The largest absolute Gasteiger partial charge is 0.0683 e. The number of rotatable bonds is 1. The zero-order valence-corrected chi connectivity index (χ0v) is 9.19. The van der Waals surface area contributed by atoms with Gasteiger partial charge in [-0.25, -0.2) is 0 Å². The van der Waals surface area contributed by atoms with Crippen LogP contribution in [0.2, 0.25) is 0 Å². The molecule has 0 aromatic heterocycles. The molecule has 0 amide bonds. The van der Waals surface area contributed by atoms with Crippen molar-refractivity contribution in [3.63, 3.8) is 0 Å². The Hall–Kier alpha value is 0. The summed E-state index contributed by atoms with van der Waals surface area (Å²) in [6, 6.07) is 0. The Kier molecular flexibility index (Phi) is 3.20. The average Bonchev–Trinajstić information content (AvgIpc) is 2.65. The van der Waals surface area contributed by atoms with Crippen LogP contribution >= 0.6 is 0 Å². The summed E-state index contributed by atoms with van der Waals surface area (Å²) >= 11 is 0. The van der Waals surface area contributed by atoms with Crippen LogP contribution in [0.15, 0.2) is 0 Å². The van der Waals surface area contributed by atoms with Crippen LogP contribution in [0.5, 0.6) is 0 Å². The molecule has 0 aromatic rings. The molecular formula is C12H24. The van der Waals surface area contributed by atoms with E-state index in [1.165, 1.54) is 6.42 Å². The minimum Gasteiger partial charge on any atom is -0.0683 e. The number of hydrogen-bond donors (Lipinski definition) is 0. The van der Waals surface area contributed by atoms with Crippen molar-refractivity contribution in [3.8, 4) is 0 Å². The molecular weight excluding hydrogens is 144 g/mol. The topological polar surface area (TPSA) is 0 Å². The summed E-state index contributed by atoms with van der Waals surface area (Å²) in [5, 5.41) is 0. The zero-order chi connectivity index (χ0) is 9.19. The zero-order valence-electron chi connectivity index (χ0n) is 9.19. The molecule has 2 aliphatic rings. The van der Waals surface area contributed by atoms with Crippen molar-refractivity contribution in [2.24, 2.45) is 17.3 Å². The quantitative estimate of drug-likeness (QED) is 0.549. The van der Waals surface area contributed by atoms with E-state index in [9.17, 15) is 0 Å². The second-order valence-corrected chi connectivity index (χ2v) is 4.75. The van der Waals surface area contributed by atoms with Gasteiger partial charge in [0.25, 0.3) is 0 Å². The van der Waals surface area contributed by atoms with Crippen LogP contribution in [0.4, 0.5) is 0 Å². The van der Waals surface area contributed by atoms with Crippen molar-refractivity contribution in [3.05, 3.63) is 0 Å². The lowest BCUT2D eigenvalue weighted by molar-refractivity contribution is 0.373. The van der Waals surface area contributed by atoms with Crippen molar-refractivity contribution in [1.29, 1.82) is 0 Å². The van der Waals surface area contributed by atoms with Gasteiger partial charge in [0, 0.05) is 0 Å². The Bertz CT molecular complexity index is 131. The second kappa shape index (κ2) is 3.81. The van der Waals surface area contributed by atoms with E-state index in [1.807, 2.05) is 13.8 Å². The van der Waals surface area contributed by atoms with Crippen LogP contribution in [0.1, 0.15) is 59.8 Å². The van der Waals surface area contributed by atoms with Gasteiger partial charge in [0.1, 0.15) is 0 Å². The van der Waals surface area contributed by atoms with Crippen molar-refractivity contribution in [2.45, 2.75) is 59.8 Å². The lowest BCUT2D eigenvalue weighted by Crippen LogP contribution is -2.03. The third-order valence-electron chi connectivity index (χ3n) is 3.64. The molecule has 1 atom stereocenters. The maximum absolute atomic E-state index is 2.38. The Labute approximate surface area is 77.7 Å². The first-order valence-corrected chi connectivity index (χ1v) is 5.72. The highest BCUT2D eigenvalue weighted by molar-refractivity contribution is 4.99. The fourth-order valence-electron chi connectivity index (χ4n) is 2.45. The van der Waals surface area contributed by atoms with Gasteiger partial charge in [-0.15, -0.1) is 0 Å². The Morgan fingerprint density at radius 3 is 1.92 bits per heavy atom. The van der Waals surface area contributed by atoms with E-state index in [2.05, 4.69) is 13.8 Å². The minimum atomic E-state index is 0.898. The van der Waals surface area contributed by atoms with Crippen LogP contribution in [-0.4, -0.2) is 0 Å². The molecule has 2 saturated carbocycles. The summed E-state index contributed by atoms with van der Waals surface area (Å²) in [7, 11) is 0. The minimum absolute atomic E-state index is 0.898. The molecule has 2 rings (SSSR count). The summed E-state index contributed by atoms with van der Waals surface area (Å²) < 4.78 is 0. The molecule has 0 heterocycles. The monoisotopic (exact) mass is 168 g/mol. The maximum Gasteiger partial charge on any atom is -0.0294 e.